The van der Waals surface area contributed by atoms with Crippen molar-refractivity contribution in [3.8, 4) is 5.88 Å². The molecule has 2 aromatic heterocycles. The first-order chi connectivity index (χ1) is 5.81. The minimum Gasteiger partial charge on any atom is -0.480 e. The predicted molar refractivity (Wildman–Crippen MR) is 47.7 cm³/mol. The molecule has 0 saturated heterocycles. The Morgan fingerprint density at radius 3 is 3.17 bits per heavy atom. The van der Waals surface area contributed by atoms with E-state index in [0.29, 0.717) is 11.0 Å². The second-order valence-corrected chi connectivity index (χ2v) is 2.78. The first-order valence-electron chi connectivity index (χ1n) is 3.49. The Kier molecular flexibility index (Phi) is 1.66. The number of nitrogens with one attached hydrogen (secondary N) is 1. The van der Waals surface area contributed by atoms with Crippen molar-refractivity contribution in [1.29, 1.82) is 0 Å². The molecule has 0 fully saturated rings. The SMILES string of the molecule is COc1nc(Cl)cc2[nH]ccc12. The van der Waals surface area contributed by atoms with Gasteiger partial charge >= 0.3 is 0 Å². The van der Waals surface area contributed by atoms with E-state index in [4.69, 9.17) is 16.3 Å². The molecule has 4 heteroatoms. The van der Waals surface area contributed by atoms with Gasteiger partial charge in [0.05, 0.1) is 18.0 Å². The predicted octanol–water partition coefficient (Wildman–Crippen LogP) is 2.22. The van der Waals surface area contributed by atoms with Gasteiger partial charge in [-0.1, -0.05) is 11.6 Å². The molecule has 0 atom stereocenters. The highest BCUT2D eigenvalue weighted by Crippen LogP contribution is 2.24. The fourth-order valence-corrected chi connectivity index (χ4v) is 1.34. The second-order valence-electron chi connectivity index (χ2n) is 2.39. The van der Waals surface area contributed by atoms with E-state index in [-0.39, 0.29) is 0 Å². The molecule has 0 spiro atoms. The monoisotopic (exact) mass is 182 g/mol. The summed E-state index contributed by atoms with van der Waals surface area (Å²) >= 11 is 5.75. The smallest absolute Gasteiger partial charge is 0.224 e. The zero-order chi connectivity index (χ0) is 8.55. The topological polar surface area (TPSA) is 37.9 Å². The largest absolute Gasteiger partial charge is 0.480 e. The highest BCUT2D eigenvalue weighted by Gasteiger charge is 2.04. The van der Waals surface area contributed by atoms with Crippen molar-refractivity contribution < 1.29 is 4.74 Å². The van der Waals surface area contributed by atoms with Crippen LogP contribution >= 0.6 is 11.6 Å². The number of ether oxygens (including phenoxy) is 1. The van der Waals surface area contributed by atoms with Crippen LogP contribution in [0.2, 0.25) is 5.15 Å². The van der Waals surface area contributed by atoms with Gasteiger partial charge in [-0.2, -0.15) is 0 Å². The lowest BCUT2D eigenvalue weighted by atomic mass is 10.3. The Morgan fingerprint density at radius 2 is 2.42 bits per heavy atom. The van der Waals surface area contributed by atoms with E-state index in [0.717, 1.165) is 10.9 Å². The zero-order valence-corrected chi connectivity index (χ0v) is 7.22. The quantitative estimate of drug-likeness (QED) is 0.687. The molecule has 2 aromatic rings. The summed E-state index contributed by atoms with van der Waals surface area (Å²) in [6.45, 7) is 0. The maximum absolute atomic E-state index is 5.75. The maximum atomic E-state index is 5.75. The first-order valence-corrected chi connectivity index (χ1v) is 3.86. The van der Waals surface area contributed by atoms with Gasteiger partial charge in [-0.15, -0.1) is 0 Å². The number of aromatic amines is 1. The van der Waals surface area contributed by atoms with Crippen LogP contribution in [0.4, 0.5) is 0 Å². The van der Waals surface area contributed by atoms with Crippen molar-refractivity contribution in [3.05, 3.63) is 23.5 Å². The molecule has 0 amide bonds. The Bertz CT molecular complexity index is 410. The number of aromatic nitrogens is 2. The zero-order valence-electron chi connectivity index (χ0n) is 6.47. The van der Waals surface area contributed by atoms with Gasteiger partial charge in [-0.3, -0.25) is 0 Å². The summed E-state index contributed by atoms with van der Waals surface area (Å²) in [5, 5.41) is 1.38. The van der Waals surface area contributed by atoms with E-state index in [9.17, 15) is 0 Å². The van der Waals surface area contributed by atoms with Crippen LogP contribution in [-0.2, 0) is 0 Å². The van der Waals surface area contributed by atoms with Gasteiger partial charge in [0.15, 0.2) is 0 Å². The summed E-state index contributed by atoms with van der Waals surface area (Å²) in [5.41, 5.74) is 0.937. The van der Waals surface area contributed by atoms with Crippen molar-refractivity contribution >= 4 is 22.5 Å². The summed E-state index contributed by atoms with van der Waals surface area (Å²) in [6, 6.07) is 3.66. The van der Waals surface area contributed by atoms with Crippen LogP contribution in [0, 0.1) is 0 Å². The average molecular weight is 183 g/mol. The molecule has 0 aliphatic carbocycles. The maximum Gasteiger partial charge on any atom is 0.224 e. The molecule has 0 bridgehead atoms. The highest BCUT2D eigenvalue weighted by molar-refractivity contribution is 6.30. The first kappa shape index (κ1) is 7.43. The van der Waals surface area contributed by atoms with Crippen LogP contribution in [0.1, 0.15) is 0 Å². The van der Waals surface area contributed by atoms with Crippen LogP contribution in [0.15, 0.2) is 18.3 Å². The number of hydrogen-bond donors (Lipinski definition) is 1. The number of hydrogen-bond acceptors (Lipinski definition) is 2. The van der Waals surface area contributed by atoms with E-state index < -0.39 is 0 Å². The minimum absolute atomic E-state index is 0.432. The second kappa shape index (κ2) is 2.68. The molecule has 0 aliphatic rings. The van der Waals surface area contributed by atoms with Crippen molar-refractivity contribution in [2.75, 3.05) is 7.11 Å². The number of fused-ring (bicyclic) bond motifs is 1. The van der Waals surface area contributed by atoms with Crippen LogP contribution < -0.4 is 4.74 Å². The number of halogens is 1. The molecule has 0 radical (unpaired) electrons. The number of nitrogens with zero attached hydrogens (tertiary/aromatic N) is 1. The number of H-pyrrole nitrogens is 1. The summed E-state index contributed by atoms with van der Waals surface area (Å²) in [5.74, 6) is 0.554. The van der Waals surface area contributed by atoms with Gasteiger partial charge < -0.3 is 9.72 Å². The Balaban J connectivity index is 2.80. The lowest BCUT2D eigenvalue weighted by Crippen LogP contribution is -1.87. The molecular weight excluding hydrogens is 176 g/mol. The molecule has 12 heavy (non-hydrogen) atoms. The minimum atomic E-state index is 0.432. The van der Waals surface area contributed by atoms with Gasteiger partial charge in [0.2, 0.25) is 5.88 Å². The third kappa shape index (κ3) is 1.02. The van der Waals surface area contributed by atoms with Crippen LogP contribution in [0.25, 0.3) is 10.9 Å². The van der Waals surface area contributed by atoms with E-state index in [1.54, 1.807) is 13.2 Å². The summed E-state index contributed by atoms with van der Waals surface area (Å²) < 4.78 is 5.05. The highest BCUT2D eigenvalue weighted by atomic mass is 35.5. The van der Waals surface area contributed by atoms with E-state index in [2.05, 4.69) is 9.97 Å². The van der Waals surface area contributed by atoms with Crippen molar-refractivity contribution in [2.24, 2.45) is 0 Å². The molecule has 2 heterocycles. The molecule has 0 unspecified atom stereocenters. The molecule has 1 N–H and O–H groups in total. The number of methoxy groups -OCH3 is 1. The summed E-state index contributed by atoms with van der Waals surface area (Å²) in [7, 11) is 1.57. The van der Waals surface area contributed by atoms with Crippen molar-refractivity contribution in [2.45, 2.75) is 0 Å². The molecule has 2 rings (SSSR count). The third-order valence-electron chi connectivity index (χ3n) is 1.67. The Labute approximate surface area is 74.3 Å². The van der Waals surface area contributed by atoms with Crippen LogP contribution in [0.3, 0.4) is 0 Å². The molecular formula is C8H7ClN2O. The van der Waals surface area contributed by atoms with Gasteiger partial charge in [0, 0.05) is 6.20 Å². The fraction of sp³-hybridized carbons (Fsp3) is 0.125. The van der Waals surface area contributed by atoms with E-state index >= 15 is 0 Å². The van der Waals surface area contributed by atoms with Crippen LogP contribution in [0.5, 0.6) is 5.88 Å². The van der Waals surface area contributed by atoms with Crippen LogP contribution in [-0.4, -0.2) is 17.1 Å². The van der Waals surface area contributed by atoms with Gasteiger partial charge in [-0.05, 0) is 12.1 Å². The summed E-state index contributed by atoms with van der Waals surface area (Å²) in [6.07, 6.45) is 1.82. The molecule has 0 aliphatic heterocycles. The van der Waals surface area contributed by atoms with Crippen molar-refractivity contribution in [1.82, 2.24) is 9.97 Å². The molecule has 0 aromatic carbocycles. The molecule has 62 valence electrons. The summed E-state index contributed by atoms with van der Waals surface area (Å²) in [4.78, 5) is 7.05. The van der Waals surface area contributed by atoms with Crippen molar-refractivity contribution in [3.63, 3.8) is 0 Å². The molecule has 3 nitrogen and oxygen atoms in total. The Morgan fingerprint density at radius 1 is 1.58 bits per heavy atom. The van der Waals surface area contributed by atoms with Gasteiger partial charge in [0.25, 0.3) is 0 Å². The van der Waals surface area contributed by atoms with E-state index in [1.165, 1.54) is 0 Å². The lowest BCUT2D eigenvalue weighted by Gasteiger charge is -2.00. The number of pyridine rings is 1. The lowest BCUT2D eigenvalue weighted by molar-refractivity contribution is 0.403. The number of rotatable bonds is 1. The average Bonchev–Trinajstić information content (AvgIpc) is 2.50. The third-order valence-corrected chi connectivity index (χ3v) is 1.87. The normalized spacial score (nSPS) is 10.5. The van der Waals surface area contributed by atoms with Gasteiger partial charge in [-0.25, -0.2) is 4.98 Å². The molecule has 0 saturated carbocycles. The van der Waals surface area contributed by atoms with Gasteiger partial charge in [0.1, 0.15) is 5.15 Å². The Hall–Kier alpha value is -1.22. The van der Waals surface area contributed by atoms with E-state index in [1.807, 2.05) is 12.3 Å². The fourth-order valence-electron chi connectivity index (χ4n) is 1.15. The standard InChI is InChI=1S/C8H7ClN2O/c1-12-8-5-2-3-10-6(5)4-7(9)11-8/h2-4,10H,1H3.